The molecule has 2 aromatic rings. The fourth-order valence-electron chi connectivity index (χ4n) is 2.22. The fraction of sp³-hybridized carbons (Fsp3) is 0.250. The molecule has 14 heavy (non-hydrogen) atoms. The number of carbonyl (C=O) groups excluding carboxylic acids is 1. The molecule has 3 rings (SSSR count). The summed E-state index contributed by atoms with van der Waals surface area (Å²) in [6.07, 6.45) is 2.18. The maximum atomic E-state index is 11.4. The third kappa shape index (κ3) is 1.00. The number of hydrogen-bond acceptors (Lipinski definition) is 1. The van der Waals surface area contributed by atoms with Crippen LogP contribution in [0.15, 0.2) is 24.3 Å². The van der Waals surface area contributed by atoms with Crippen LogP contribution in [0.5, 0.6) is 0 Å². The maximum Gasteiger partial charge on any atom is 0.137 e. The van der Waals surface area contributed by atoms with Gasteiger partial charge >= 0.3 is 0 Å². The molecule has 0 radical (unpaired) electrons. The van der Waals surface area contributed by atoms with Crippen LogP contribution in [0.3, 0.4) is 0 Å². The molecule has 0 aliphatic heterocycles. The lowest BCUT2D eigenvalue weighted by atomic mass is 9.95. The van der Waals surface area contributed by atoms with Crippen molar-refractivity contribution in [1.82, 2.24) is 4.98 Å². The molecule has 2 heteroatoms. The van der Waals surface area contributed by atoms with Gasteiger partial charge in [-0.25, -0.2) is 0 Å². The number of Topliss-reactive ketones (excluding diaryl/α,β-unsaturated/α-hetero) is 1. The minimum atomic E-state index is 0.363. The van der Waals surface area contributed by atoms with Crippen molar-refractivity contribution in [1.29, 1.82) is 0 Å². The van der Waals surface area contributed by atoms with E-state index in [1.165, 1.54) is 16.6 Å². The van der Waals surface area contributed by atoms with E-state index in [4.69, 9.17) is 0 Å². The van der Waals surface area contributed by atoms with Crippen LogP contribution in [0.2, 0.25) is 0 Å². The zero-order chi connectivity index (χ0) is 9.54. The van der Waals surface area contributed by atoms with Crippen molar-refractivity contribution in [3.63, 3.8) is 0 Å². The largest absolute Gasteiger partial charge is 0.358 e. The fourth-order valence-corrected chi connectivity index (χ4v) is 2.22. The molecule has 1 aromatic heterocycles. The van der Waals surface area contributed by atoms with Crippen molar-refractivity contribution in [2.24, 2.45) is 0 Å². The first-order chi connectivity index (χ1) is 6.84. The Hall–Kier alpha value is -1.57. The van der Waals surface area contributed by atoms with Crippen molar-refractivity contribution in [2.45, 2.75) is 19.3 Å². The molecule has 70 valence electrons. The maximum absolute atomic E-state index is 11.4. The van der Waals surface area contributed by atoms with Crippen LogP contribution >= 0.6 is 0 Å². The summed E-state index contributed by atoms with van der Waals surface area (Å²) in [6.45, 7) is 0. The number of hydrogen-bond donors (Lipinski definition) is 1. The summed E-state index contributed by atoms with van der Waals surface area (Å²) < 4.78 is 0. The number of aryl methyl sites for hydroxylation is 1. The first-order valence-corrected chi connectivity index (χ1v) is 4.95. The summed E-state index contributed by atoms with van der Waals surface area (Å²) in [6, 6.07) is 8.20. The number of fused-ring (bicyclic) bond motifs is 3. The van der Waals surface area contributed by atoms with Gasteiger partial charge in [0.15, 0.2) is 0 Å². The highest BCUT2D eigenvalue weighted by atomic mass is 16.1. The van der Waals surface area contributed by atoms with Gasteiger partial charge in [-0.15, -0.1) is 0 Å². The molecule has 0 spiro atoms. The van der Waals surface area contributed by atoms with E-state index in [0.717, 1.165) is 11.9 Å². The lowest BCUT2D eigenvalue weighted by Gasteiger charge is -2.09. The quantitative estimate of drug-likeness (QED) is 0.670. The van der Waals surface area contributed by atoms with E-state index in [9.17, 15) is 4.79 Å². The molecule has 0 bridgehead atoms. The van der Waals surface area contributed by atoms with Crippen molar-refractivity contribution in [3.8, 4) is 0 Å². The number of para-hydroxylation sites is 1. The van der Waals surface area contributed by atoms with Crippen molar-refractivity contribution in [2.75, 3.05) is 0 Å². The third-order valence-corrected chi connectivity index (χ3v) is 2.93. The highest BCUT2D eigenvalue weighted by Crippen LogP contribution is 2.27. The summed E-state index contributed by atoms with van der Waals surface area (Å²) in [5, 5.41) is 1.22. The highest BCUT2D eigenvalue weighted by molar-refractivity contribution is 5.92. The predicted octanol–water partition coefficient (Wildman–Crippen LogP) is 2.23. The van der Waals surface area contributed by atoms with Crippen LogP contribution in [0, 0.1) is 0 Å². The summed E-state index contributed by atoms with van der Waals surface area (Å²) in [7, 11) is 0. The number of rotatable bonds is 0. The second kappa shape index (κ2) is 2.71. The van der Waals surface area contributed by atoms with Crippen LogP contribution < -0.4 is 0 Å². The molecular weight excluding hydrogens is 174 g/mol. The van der Waals surface area contributed by atoms with Crippen molar-refractivity contribution < 1.29 is 4.79 Å². The number of nitrogens with one attached hydrogen (secondary N) is 1. The van der Waals surface area contributed by atoms with Crippen LogP contribution in [-0.2, 0) is 17.6 Å². The van der Waals surface area contributed by atoms with Gasteiger partial charge in [0.1, 0.15) is 5.78 Å². The normalized spacial score (nSPS) is 15.9. The zero-order valence-corrected chi connectivity index (χ0v) is 7.84. The number of H-pyrrole nitrogens is 1. The van der Waals surface area contributed by atoms with Gasteiger partial charge in [0.25, 0.3) is 0 Å². The van der Waals surface area contributed by atoms with E-state index in [1.54, 1.807) is 0 Å². The van der Waals surface area contributed by atoms with Gasteiger partial charge in [-0.3, -0.25) is 4.79 Å². The first kappa shape index (κ1) is 7.80. The van der Waals surface area contributed by atoms with E-state index < -0.39 is 0 Å². The Morgan fingerprint density at radius 3 is 2.93 bits per heavy atom. The van der Waals surface area contributed by atoms with Gasteiger partial charge in [0, 0.05) is 29.4 Å². The second-order valence-electron chi connectivity index (χ2n) is 3.84. The van der Waals surface area contributed by atoms with E-state index in [-0.39, 0.29) is 0 Å². The Bertz CT molecular complexity index is 510. The molecule has 0 saturated carbocycles. The molecule has 1 aliphatic rings. The molecule has 1 heterocycles. The van der Waals surface area contributed by atoms with Crippen molar-refractivity contribution >= 4 is 16.7 Å². The second-order valence-corrected chi connectivity index (χ2v) is 3.84. The minimum absolute atomic E-state index is 0.363. The predicted molar refractivity (Wildman–Crippen MR) is 55.3 cm³/mol. The van der Waals surface area contributed by atoms with Crippen LogP contribution in [0.4, 0.5) is 0 Å². The molecule has 1 aromatic carbocycles. The van der Waals surface area contributed by atoms with Gasteiger partial charge in [-0.1, -0.05) is 18.2 Å². The van der Waals surface area contributed by atoms with E-state index in [1.807, 2.05) is 12.1 Å². The van der Waals surface area contributed by atoms with E-state index in [0.29, 0.717) is 18.6 Å². The van der Waals surface area contributed by atoms with E-state index in [2.05, 4.69) is 17.1 Å². The van der Waals surface area contributed by atoms with Gasteiger partial charge in [-0.05, 0) is 18.1 Å². The van der Waals surface area contributed by atoms with Crippen LogP contribution in [0.25, 0.3) is 10.9 Å². The average Bonchev–Trinajstić information content (AvgIpc) is 2.56. The Balaban J connectivity index is 2.30. The molecule has 2 nitrogen and oxygen atoms in total. The Morgan fingerprint density at radius 1 is 1.14 bits per heavy atom. The lowest BCUT2D eigenvalue weighted by molar-refractivity contribution is -0.118. The SMILES string of the molecule is O=C1CCc2[nH]c3ccccc3c2C1. The van der Waals surface area contributed by atoms with E-state index >= 15 is 0 Å². The molecule has 0 fully saturated rings. The van der Waals surface area contributed by atoms with Gasteiger partial charge < -0.3 is 4.98 Å². The lowest BCUT2D eigenvalue weighted by Crippen LogP contribution is -2.11. The Labute approximate surface area is 81.9 Å². The molecule has 1 N–H and O–H groups in total. The Kier molecular flexibility index (Phi) is 1.51. The zero-order valence-electron chi connectivity index (χ0n) is 7.84. The third-order valence-electron chi connectivity index (χ3n) is 2.93. The number of benzene rings is 1. The minimum Gasteiger partial charge on any atom is -0.358 e. The molecule has 0 unspecified atom stereocenters. The monoisotopic (exact) mass is 185 g/mol. The first-order valence-electron chi connectivity index (χ1n) is 4.95. The average molecular weight is 185 g/mol. The number of carbonyl (C=O) groups is 1. The van der Waals surface area contributed by atoms with Crippen LogP contribution in [-0.4, -0.2) is 10.8 Å². The Morgan fingerprint density at radius 2 is 2.00 bits per heavy atom. The number of ketones is 1. The number of aromatic amines is 1. The number of aromatic nitrogens is 1. The molecule has 0 amide bonds. The molecular formula is C12H11NO. The summed E-state index contributed by atoms with van der Waals surface area (Å²) in [5.41, 5.74) is 3.63. The standard InChI is InChI=1S/C12H11NO/c14-8-5-6-12-10(7-8)9-3-1-2-4-11(9)13-12/h1-4,13H,5-7H2. The topological polar surface area (TPSA) is 32.9 Å². The summed E-state index contributed by atoms with van der Waals surface area (Å²) in [5.74, 6) is 0.363. The molecule has 1 aliphatic carbocycles. The van der Waals surface area contributed by atoms with Gasteiger partial charge in [0.2, 0.25) is 0 Å². The van der Waals surface area contributed by atoms with Gasteiger partial charge in [0.05, 0.1) is 0 Å². The highest BCUT2D eigenvalue weighted by Gasteiger charge is 2.19. The van der Waals surface area contributed by atoms with Gasteiger partial charge in [-0.2, -0.15) is 0 Å². The smallest absolute Gasteiger partial charge is 0.137 e. The molecule has 0 saturated heterocycles. The van der Waals surface area contributed by atoms with Crippen molar-refractivity contribution in [3.05, 3.63) is 35.5 Å². The van der Waals surface area contributed by atoms with Crippen LogP contribution in [0.1, 0.15) is 17.7 Å². The summed E-state index contributed by atoms with van der Waals surface area (Å²) in [4.78, 5) is 14.7. The summed E-state index contributed by atoms with van der Waals surface area (Å²) >= 11 is 0. The molecule has 0 atom stereocenters.